The van der Waals surface area contributed by atoms with Crippen molar-refractivity contribution in [2.24, 2.45) is 0 Å². The number of rotatable bonds is 3. The van der Waals surface area contributed by atoms with E-state index in [4.69, 9.17) is 5.11 Å². The highest BCUT2D eigenvalue weighted by atomic mass is 19.4. The maximum absolute atomic E-state index is 12.8. The lowest BCUT2D eigenvalue weighted by Crippen LogP contribution is -2.11. The highest BCUT2D eigenvalue weighted by molar-refractivity contribution is 5.82. The van der Waals surface area contributed by atoms with Crippen LogP contribution in [-0.2, 0) is 17.1 Å². The zero-order valence-corrected chi connectivity index (χ0v) is 11.4. The van der Waals surface area contributed by atoms with Crippen LogP contribution in [0.1, 0.15) is 11.1 Å². The van der Waals surface area contributed by atoms with Gasteiger partial charge in [0, 0.05) is 17.8 Å². The Hall–Kier alpha value is -2.85. The SMILES string of the molecule is O=C(O)/C=C/n1cnc(-c2cc(C(F)(F)F)cc(C(F)(F)F)c2)n1. The van der Waals surface area contributed by atoms with Crippen molar-refractivity contribution in [3.63, 3.8) is 0 Å². The molecule has 0 aliphatic carbocycles. The van der Waals surface area contributed by atoms with Gasteiger partial charge >= 0.3 is 18.3 Å². The van der Waals surface area contributed by atoms with Crippen molar-refractivity contribution < 1.29 is 36.2 Å². The van der Waals surface area contributed by atoms with Crippen molar-refractivity contribution in [2.45, 2.75) is 12.4 Å². The van der Waals surface area contributed by atoms with Crippen LogP contribution in [0.4, 0.5) is 26.3 Å². The Bertz CT molecular complexity index is 759. The van der Waals surface area contributed by atoms with Crippen molar-refractivity contribution in [3.05, 3.63) is 41.7 Å². The molecule has 0 fully saturated rings. The van der Waals surface area contributed by atoms with Gasteiger partial charge in [0.05, 0.1) is 11.1 Å². The van der Waals surface area contributed by atoms with Crippen LogP contribution in [-0.4, -0.2) is 25.8 Å². The van der Waals surface area contributed by atoms with E-state index in [0.717, 1.165) is 17.2 Å². The average molecular weight is 351 g/mol. The molecule has 1 aromatic heterocycles. The second-order valence-electron chi connectivity index (χ2n) is 4.50. The summed E-state index contributed by atoms with van der Waals surface area (Å²) in [7, 11) is 0. The Balaban J connectivity index is 2.52. The van der Waals surface area contributed by atoms with E-state index in [9.17, 15) is 31.1 Å². The maximum atomic E-state index is 12.8. The molecule has 0 atom stereocenters. The largest absolute Gasteiger partial charge is 0.478 e. The number of carbonyl (C=O) groups is 1. The van der Waals surface area contributed by atoms with Crippen molar-refractivity contribution in [1.82, 2.24) is 14.8 Å². The van der Waals surface area contributed by atoms with Crippen LogP contribution in [0.2, 0.25) is 0 Å². The smallest absolute Gasteiger partial charge is 0.416 e. The molecule has 2 rings (SSSR count). The van der Waals surface area contributed by atoms with Crippen molar-refractivity contribution in [2.75, 3.05) is 0 Å². The number of aromatic nitrogens is 3. The third-order valence-electron chi connectivity index (χ3n) is 2.72. The number of hydrogen-bond donors (Lipinski definition) is 1. The molecule has 0 unspecified atom stereocenters. The topological polar surface area (TPSA) is 68.0 Å². The van der Waals surface area contributed by atoms with Crippen molar-refractivity contribution >= 4 is 12.2 Å². The van der Waals surface area contributed by atoms with Gasteiger partial charge < -0.3 is 5.11 Å². The van der Waals surface area contributed by atoms with Gasteiger partial charge in [0.2, 0.25) is 0 Å². The normalized spacial score (nSPS) is 12.8. The van der Waals surface area contributed by atoms with Gasteiger partial charge in [-0.1, -0.05) is 0 Å². The van der Waals surface area contributed by atoms with Gasteiger partial charge in [-0.05, 0) is 18.2 Å². The molecule has 0 aliphatic heterocycles. The number of hydrogen-bond acceptors (Lipinski definition) is 3. The standard InChI is InChI=1S/C13H7F6N3O2/c14-12(15,16)8-3-7(4-9(5-8)13(17,18)19)11-20-6-22(21-11)2-1-10(23)24/h1-6H,(H,23,24)/b2-1+. The fourth-order valence-corrected chi connectivity index (χ4v) is 1.70. The van der Waals surface area contributed by atoms with Gasteiger partial charge in [-0.2, -0.15) is 26.3 Å². The second kappa shape index (κ2) is 5.98. The molecule has 128 valence electrons. The van der Waals surface area contributed by atoms with E-state index in [0.29, 0.717) is 18.2 Å². The molecule has 2 aromatic rings. The lowest BCUT2D eigenvalue weighted by molar-refractivity contribution is -0.143. The highest BCUT2D eigenvalue weighted by Gasteiger charge is 2.37. The molecule has 0 amide bonds. The molecular weight excluding hydrogens is 344 g/mol. The van der Waals surface area contributed by atoms with Gasteiger partial charge in [0.1, 0.15) is 6.33 Å². The molecule has 0 aliphatic rings. The van der Waals surface area contributed by atoms with Gasteiger partial charge in [0.15, 0.2) is 5.82 Å². The zero-order chi connectivity index (χ0) is 18.1. The zero-order valence-electron chi connectivity index (χ0n) is 11.4. The van der Waals surface area contributed by atoms with Crippen LogP contribution in [0.15, 0.2) is 30.6 Å². The molecule has 5 nitrogen and oxygen atoms in total. The summed E-state index contributed by atoms with van der Waals surface area (Å²) in [6, 6.07) is 0.955. The summed E-state index contributed by atoms with van der Waals surface area (Å²) in [6.45, 7) is 0. The molecular formula is C13H7F6N3O2. The Morgan fingerprint density at radius 2 is 1.58 bits per heavy atom. The summed E-state index contributed by atoms with van der Waals surface area (Å²) in [4.78, 5) is 13.9. The van der Waals surface area contributed by atoms with Crippen LogP contribution in [0.5, 0.6) is 0 Å². The van der Waals surface area contributed by atoms with E-state index in [2.05, 4.69) is 10.1 Å². The number of halogens is 6. The second-order valence-corrected chi connectivity index (χ2v) is 4.50. The Labute approximate surface area is 129 Å². The molecule has 0 saturated heterocycles. The molecule has 0 radical (unpaired) electrons. The Morgan fingerprint density at radius 1 is 1.04 bits per heavy atom. The van der Waals surface area contributed by atoms with E-state index < -0.39 is 40.8 Å². The lowest BCUT2D eigenvalue weighted by atomic mass is 10.0. The molecule has 1 heterocycles. The number of nitrogens with zero attached hydrogens (tertiary/aromatic N) is 3. The maximum Gasteiger partial charge on any atom is 0.416 e. The minimum Gasteiger partial charge on any atom is -0.478 e. The van der Waals surface area contributed by atoms with Crippen molar-refractivity contribution in [1.29, 1.82) is 0 Å². The lowest BCUT2D eigenvalue weighted by Gasteiger charge is -2.13. The minimum atomic E-state index is -4.98. The number of carboxylic acids is 1. The number of aliphatic carboxylic acids is 1. The summed E-state index contributed by atoms with van der Waals surface area (Å²) in [5.41, 5.74) is -3.49. The fourth-order valence-electron chi connectivity index (χ4n) is 1.70. The number of benzene rings is 1. The first kappa shape index (κ1) is 17.5. The highest BCUT2D eigenvalue weighted by Crippen LogP contribution is 2.37. The molecule has 0 saturated carbocycles. The van der Waals surface area contributed by atoms with E-state index in [-0.39, 0.29) is 6.07 Å². The third kappa shape index (κ3) is 4.12. The molecule has 1 N–H and O–H groups in total. The molecule has 0 spiro atoms. The summed E-state index contributed by atoms with van der Waals surface area (Å²) < 4.78 is 77.5. The summed E-state index contributed by atoms with van der Waals surface area (Å²) >= 11 is 0. The quantitative estimate of drug-likeness (QED) is 0.678. The molecule has 0 bridgehead atoms. The van der Waals surface area contributed by atoms with Gasteiger partial charge in [-0.25, -0.2) is 14.5 Å². The minimum absolute atomic E-state index is 0.00910. The Morgan fingerprint density at radius 3 is 2.04 bits per heavy atom. The number of alkyl halides is 6. The van der Waals surface area contributed by atoms with E-state index >= 15 is 0 Å². The predicted octanol–water partition coefficient (Wildman–Crippen LogP) is 3.54. The summed E-state index contributed by atoms with van der Waals surface area (Å²) in [5.74, 6) is -1.73. The van der Waals surface area contributed by atoms with Crippen molar-refractivity contribution in [3.8, 4) is 11.4 Å². The first-order valence-electron chi connectivity index (χ1n) is 6.09. The predicted molar refractivity (Wildman–Crippen MR) is 68.4 cm³/mol. The van der Waals surface area contributed by atoms with E-state index in [1.165, 1.54) is 0 Å². The first-order valence-corrected chi connectivity index (χ1v) is 6.09. The summed E-state index contributed by atoms with van der Waals surface area (Å²) in [5, 5.41) is 12.1. The average Bonchev–Trinajstić information content (AvgIpc) is 2.91. The van der Waals surface area contributed by atoms with Crippen LogP contribution < -0.4 is 0 Å². The Kier molecular flexibility index (Phi) is 4.36. The number of carboxylic acid groups (broad SMARTS) is 1. The van der Waals surface area contributed by atoms with E-state index in [1.54, 1.807) is 0 Å². The molecule has 24 heavy (non-hydrogen) atoms. The van der Waals surface area contributed by atoms with Gasteiger partial charge in [-0.15, -0.1) is 5.10 Å². The molecule has 1 aromatic carbocycles. The van der Waals surface area contributed by atoms with E-state index in [1.807, 2.05) is 0 Å². The molecule has 11 heteroatoms. The van der Waals surface area contributed by atoms with Gasteiger partial charge in [-0.3, -0.25) is 0 Å². The third-order valence-corrected chi connectivity index (χ3v) is 2.72. The van der Waals surface area contributed by atoms with Crippen LogP contribution in [0.3, 0.4) is 0 Å². The summed E-state index contributed by atoms with van der Waals surface area (Å²) in [6.07, 6.45) is -7.42. The monoisotopic (exact) mass is 351 g/mol. The first-order chi connectivity index (χ1) is 11.0. The van der Waals surface area contributed by atoms with Crippen LogP contribution >= 0.6 is 0 Å². The fraction of sp³-hybridized carbons (Fsp3) is 0.154. The van der Waals surface area contributed by atoms with Crippen LogP contribution in [0, 0.1) is 0 Å². The van der Waals surface area contributed by atoms with Crippen LogP contribution in [0.25, 0.3) is 17.6 Å². The van der Waals surface area contributed by atoms with Gasteiger partial charge in [0.25, 0.3) is 0 Å².